The molecule has 1 unspecified atom stereocenters. The van der Waals surface area contributed by atoms with Crippen molar-refractivity contribution in [3.8, 4) is 0 Å². The van der Waals surface area contributed by atoms with E-state index < -0.39 is 0 Å². The molecule has 1 amide bonds. The van der Waals surface area contributed by atoms with Gasteiger partial charge in [-0.25, -0.2) is 0 Å². The second-order valence-corrected chi connectivity index (χ2v) is 5.39. The predicted molar refractivity (Wildman–Crippen MR) is 80.4 cm³/mol. The normalized spacial score (nSPS) is 14.0. The van der Waals surface area contributed by atoms with Crippen LogP contribution in [0.15, 0.2) is 26.9 Å². The molecule has 0 saturated carbocycles. The van der Waals surface area contributed by atoms with Gasteiger partial charge in [0.15, 0.2) is 0 Å². The Bertz CT molecular complexity index is 567. The SMILES string of the molecule is CC(O)CCN(C)CC(=O)Nc1cccc2c1N=S=N2. The summed E-state index contributed by atoms with van der Waals surface area (Å²) < 4.78 is 8.32. The zero-order valence-electron chi connectivity index (χ0n) is 11.5. The molecule has 1 aromatic carbocycles. The minimum atomic E-state index is -0.352. The van der Waals surface area contributed by atoms with Crippen molar-refractivity contribution in [2.45, 2.75) is 19.4 Å². The number of aliphatic hydroxyl groups is 1. The second-order valence-electron chi connectivity index (χ2n) is 4.86. The van der Waals surface area contributed by atoms with Gasteiger partial charge in [0.2, 0.25) is 5.91 Å². The molecule has 1 aliphatic rings. The van der Waals surface area contributed by atoms with Crippen molar-refractivity contribution in [1.82, 2.24) is 4.90 Å². The lowest BCUT2D eigenvalue weighted by Gasteiger charge is -2.17. The topological polar surface area (TPSA) is 77.3 Å². The van der Waals surface area contributed by atoms with E-state index >= 15 is 0 Å². The Labute approximate surface area is 121 Å². The fourth-order valence-electron chi connectivity index (χ4n) is 1.83. The summed E-state index contributed by atoms with van der Waals surface area (Å²) in [5.74, 6) is -0.0985. The maximum absolute atomic E-state index is 12.0. The van der Waals surface area contributed by atoms with E-state index in [1.165, 1.54) is 0 Å². The highest BCUT2D eigenvalue weighted by atomic mass is 32.1. The van der Waals surface area contributed by atoms with Gasteiger partial charge in [-0.3, -0.25) is 9.69 Å². The Morgan fingerprint density at radius 3 is 3.05 bits per heavy atom. The van der Waals surface area contributed by atoms with Crippen LogP contribution in [0.3, 0.4) is 0 Å². The molecule has 2 rings (SSSR count). The molecule has 6 nitrogen and oxygen atoms in total. The molecule has 20 heavy (non-hydrogen) atoms. The second kappa shape index (κ2) is 6.74. The van der Waals surface area contributed by atoms with E-state index in [1.807, 2.05) is 30.1 Å². The lowest BCUT2D eigenvalue weighted by molar-refractivity contribution is -0.117. The molecule has 1 aromatic rings. The lowest BCUT2D eigenvalue weighted by Crippen LogP contribution is -2.32. The number of amides is 1. The fourth-order valence-corrected chi connectivity index (χ4v) is 2.38. The van der Waals surface area contributed by atoms with Crippen LogP contribution < -0.4 is 5.32 Å². The smallest absolute Gasteiger partial charge is 0.238 e. The van der Waals surface area contributed by atoms with E-state index in [0.29, 0.717) is 18.7 Å². The Morgan fingerprint density at radius 1 is 1.50 bits per heavy atom. The number of carbonyl (C=O) groups excluding carboxylic acids is 1. The van der Waals surface area contributed by atoms with Gasteiger partial charge in [-0.2, -0.15) is 8.73 Å². The minimum Gasteiger partial charge on any atom is -0.393 e. The van der Waals surface area contributed by atoms with Crippen molar-refractivity contribution in [1.29, 1.82) is 0 Å². The third-order valence-electron chi connectivity index (χ3n) is 2.90. The molecule has 0 radical (unpaired) electrons. The Kier molecular flexibility index (Phi) is 4.99. The number of aliphatic hydroxyl groups excluding tert-OH is 1. The number of likely N-dealkylation sites (N-methyl/N-ethyl adjacent to an activating group) is 1. The monoisotopic (exact) mass is 294 g/mol. The molecule has 0 aromatic heterocycles. The standard InChI is InChI=1S/C13H18N4O2S/c1-9(18)6-7-17(2)8-12(19)14-10-4-3-5-11-13(10)16-20-15-11/h3-5,9,18H,6-8H2,1-2H3,(H,14,19). The average molecular weight is 294 g/mol. The van der Waals surface area contributed by atoms with Crippen molar-refractivity contribution in [3.05, 3.63) is 18.2 Å². The summed E-state index contributed by atoms with van der Waals surface area (Å²) in [7, 11) is 1.85. The first-order valence-electron chi connectivity index (χ1n) is 6.44. The summed E-state index contributed by atoms with van der Waals surface area (Å²) in [5.41, 5.74) is 2.19. The van der Waals surface area contributed by atoms with Crippen LogP contribution in [0.2, 0.25) is 0 Å². The number of anilines is 1. The molecule has 0 aliphatic carbocycles. The van der Waals surface area contributed by atoms with Gasteiger partial charge in [-0.15, -0.1) is 0 Å². The van der Waals surface area contributed by atoms with Gasteiger partial charge in [0.25, 0.3) is 0 Å². The zero-order valence-corrected chi connectivity index (χ0v) is 12.4. The van der Waals surface area contributed by atoms with Gasteiger partial charge in [0.1, 0.15) is 11.4 Å². The van der Waals surface area contributed by atoms with Crippen LogP contribution in [0.1, 0.15) is 13.3 Å². The summed E-state index contributed by atoms with van der Waals surface area (Å²) in [6, 6.07) is 5.52. The van der Waals surface area contributed by atoms with Crippen LogP contribution in [0.4, 0.5) is 17.1 Å². The Morgan fingerprint density at radius 2 is 2.30 bits per heavy atom. The molecule has 1 heterocycles. The molecule has 0 spiro atoms. The molecule has 0 bridgehead atoms. The number of nitrogens with zero attached hydrogens (tertiary/aromatic N) is 3. The number of nitrogens with one attached hydrogen (secondary N) is 1. The Balaban J connectivity index is 1.89. The summed E-state index contributed by atoms with van der Waals surface area (Å²) in [6.45, 7) is 2.69. The van der Waals surface area contributed by atoms with Gasteiger partial charge in [0, 0.05) is 6.54 Å². The molecule has 7 heteroatoms. The molecule has 1 aliphatic heterocycles. The first-order valence-corrected chi connectivity index (χ1v) is 7.17. The van der Waals surface area contributed by atoms with E-state index in [-0.39, 0.29) is 18.6 Å². The molecule has 0 fully saturated rings. The van der Waals surface area contributed by atoms with Crippen LogP contribution in [-0.2, 0) is 16.1 Å². The summed E-state index contributed by atoms with van der Waals surface area (Å²) in [6.07, 6.45) is 0.297. The molecule has 108 valence electrons. The number of fused-ring (bicyclic) bond motifs is 1. The molecule has 1 atom stereocenters. The zero-order chi connectivity index (χ0) is 14.5. The molecular weight excluding hydrogens is 276 g/mol. The van der Waals surface area contributed by atoms with Crippen molar-refractivity contribution in [2.75, 3.05) is 25.5 Å². The van der Waals surface area contributed by atoms with Crippen LogP contribution >= 0.6 is 0 Å². The third kappa shape index (κ3) is 3.96. The van der Waals surface area contributed by atoms with Crippen LogP contribution in [0, 0.1) is 0 Å². The average Bonchev–Trinajstić information content (AvgIpc) is 2.85. The maximum atomic E-state index is 12.0. The third-order valence-corrected chi connectivity index (χ3v) is 3.44. The van der Waals surface area contributed by atoms with Gasteiger partial charge >= 0.3 is 0 Å². The highest BCUT2D eigenvalue weighted by Gasteiger charge is 2.13. The van der Waals surface area contributed by atoms with Crippen molar-refractivity contribution in [2.24, 2.45) is 8.73 Å². The van der Waals surface area contributed by atoms with Crippen LogP contribution in [0.25, 0.3) is 0 Å². The largest absolute Gasteiger partial charge is 0.393 e. The highest BCUT2D eigenvalue weighted by Crippen LogP contribution is 2.38. The number of benzene rings is 1. The van der Waals surface area contributed by atoms with E-state index in [9.17, 15) is 9.90 Å². The number of carbonyl (C=O) groups is 1. The summed E-state index contributed by atoms with van der Waals surface area (Å²) in [5, 5.41) is 12.1. The number of rotatable bonds is 6. The van der Waals surface area contributed by atoms with Gasteiger partial charge in [-0.05, 0) is 32.5 Å². The maximum Gasteiger partial charge on any atom is 0.238 e. The van der Waals surface area contributed by atoms with Crippen LogP contribution in [0.5, 0.6) is 0 Å². The van der Waals surface area contributed by atoms with Crippen molar-refractivity contribution in [3.63, 3.8) is 0 Å². The summed E-state index contributed by atoms with van der Waals surface area (Å²) >= 11 is 1.13. The quantitative estimate of drug-likeness (QED) is 0.856. The van der Waals surface area contributed by atoms with E-state index in [2.05, 4.69) is 14.0 Å². The Hall–Kier alpha value is -1.57. The van der Waals surface area contributed by atoms with Gasteiger partial charge in [0.05, 0.1) is 29.7 Å². The van der Waals surface area contributed by atoms with E-state index in [0.717, 1.165) is 22.7 Å². The fraction of sp³-hybridized carbons (Fsp3) is 0.462. The van der Waals surface area contributed by atoms with E-state index in [4.69, 9.17) is 0 Å². The number of hydrogen-bond acceptors (Lipinski definition) is 5. The van der Waals surface area contributed by atoms with Crippen LogP contribution in [-0.4, -0.2) is 42.2 Å². The van der Waals surface area contributed by atoms with Gasteiger partial charge in [-0.1, -0.05) is 6.07 Å². The first kappa shape index (κ1) is 14.8. The lowest BCUT2D eigenvalue weighted by atomic mass is 10.2. The highest BCUT2D eigenvalue weighted by molar-refractivity contribution is 7.58. The van der Waals surface area contributed by atoms with E-state index in [1.54, 1.807) is 6.92 Å². The number of hydrogen-bond donors (Lipinski definition) is 2. The van der Waals surface area contributed by atoms with Crippen molar-refractivity contribution >= 4 is 34.3 Å². The predicted octanol–water partition coefficient (Wildman–Crippen LogP) is 2.05. The summed E-state index contributed by atoms with van der Waals surface area (Å²) in [4.78, 5) is 13.8. The molecule has 2 N–H and O–H groups in total. The minimum absolute atomic E-state index is 0.0985. The molecular formula is C13H18N4O2S. The van der Waals surface area contributed by atoms with Crippen molar-refractivity contribution < 1.29 is 9.90 Å². The first-order chi connectivity index (χ1) is 9.56. The molecule has 0 saturated heterocycles. The van der Waals surface area contributed by atoms with Gasteiger partial charge < -0.3 is 10.4 Å².